The van der Waals surface area contributed by atoms with Crippen molar-refractivity contribution in [2.75, 3.05) is 6.61 Å². The van der Waals surface area contributed by atoms with Crippen LogP contribution in [-0.4, -0.2) is 34.5 Å². The summed E-state index contributed by atoms with van der Waals surface area (Å²) in [5.41, 5.74) is -11.3. The van der Waals surface area contributed by atoms with Gasteiger partial charge in [0.1, 0.15) is 6.61 Å². The molecule has 3 rings (SSSR count). The number of aromatic nitrogens is 1. The van der Waals surface area contributed by atoms with Crippen LogP contribution in [0.1, 0.15) is 0 Å². The van der Waals surface area contributed by atoms with Crippen molar-refractivity contribution >= 4 is 41.9 Å². The van der Waals surface area contributed by atoms with Crippen LogP contribution < -0.4 is 8.75 Å². The van der Waals surface area contributed by atoms with Crippen molar-refractivity contribution in [3.63, 3.8) is 0 Å². The molecule has 0 N–H and O–H groups in total. The largest absolute Gasteiger partial charge is 0.534 e. The van der Waals surface area contributed by atoms with Crippen LogP contribution in [-0.2, 0) is 31.0 Å². The lowest BCUT2D eigenvalue weighted by Crippen LogP contribution is -2.38. The number of pyridine rings is 1. The molecule has 0 amide bonds. The van der Waals surface area contributed by atoms with Crippen molar-refractivity contribution in [1.82, 2.24) is 0 Å². The number of hydrogen-bond donors (Lipinski definition) is 0. The lowest BCUT2D eigenvalue weighted by Gasteiger charge is -2.13. The van der Waals surface area contributed by atoms with Gasteiger partial charge in [0.2, 0.25) is 5.52 Å². The summed E-state index contributed by atoms with van der Waals surface area (Å²) in [5, 5.41) is 0.562. The molecule has 174 valence electrons. The maximum absolute atomic E-state index is 12.8. The van der Waals surface area contributed by atoms with E-state index in [1.54, 1.807) is 6.07 Å². The average molecular weight is 504 g/mol. The third kappa shape index (κ3) is 4.59. The summed E-state index contributed by atoms with van der Waals surface area (Å²) in [4.78, 5) is 0. The van der Waals surface area contributed by atoms with E-state index in [2.05, 4.69) is 8.37 Å². The fourth-order valence-corrected chi connectivity index (χ4v) is 3.73. The maximum Gasteiger partial charge on any atom is 0.534 e. The Labute approximate surface area is 177 Å². The van der Waals surface area contributed by atoms with Crippen molar-refractivity contribution < 1.29 is 56.1 Å². The molecule has 1 heterocycles. The topological polar surface area (TPSA) is 90.6 Å². The van der Waals surface area contributed by atoms with Crippen LogP contribution >= 0.6 is 0 Å². The molecule has 0 spiro atoms. The second-order valence-electron chi connectivity index (χ2n) is 6.27. The predicted octanol–water partition coefficient (Wildman–Crippen LogP) is 3.38. The molecule has 0 saturated carbocycles. The van der Waals surface area contributed by atoms with Crippen molar-refractivity contribution in [3.05, 3.63) is 48.7 Å². The molecule has 2 aromatic carbocycles. The monoisotopic (exact) mass is 504 g/mol. The third-order valence-electron chi connectivity index (χ3n) is 4.18. The first-order valence-corrected chi connectivity index (χ1v) is 11.3. The van der Waals surface area contributed by atoms with Crippen LogP contribution in [0.25, 0.3) is 21.7 Å². The summed E-state index contributed by atoms with van der Waals surface area (Å²) in [6.45, 7) is -1.42. The first kappa shape index (κ1) is 24.0. The molecule has 7 nitrogen and oxygen atoms in total. The number of rotatable bonds is 6. The molecule has 0 fully saturated rings. The van der Waals surface area contributed by atoms with E-state index in [4.69, 9.17) is 0 Å². The van der Waals surface area contributed by atoms with Gasteiger partial charge in [-0.1, -0.05) is 24.3 Å². The van der Waals surface area contributed by atoms with Gasteiger partial charge in [0.15, 0.2) is 18.5 Å². The van der Waals surface area contributed by atoms with Gasteiger partial charge in [0, 0.05) is 16.8 Å². The van der Waals surface area contributed by atoms with Crippen LogP contribution in [0.2, 0.25) is 0 Å². The van der Waals surface area contributed by atoms with Gasteiger partial charge in [-0.3, -0.25) is 4.18 Å². The van der Waals surface area contributed by atoms with Crippen molar-refractivity contribution in [1.29, 1.82) is 0 Å². The Bertz CT molecular complexity index is 1380. The first-order valence-electron chi connectivity index (χ1n) is 8.44. The summed E-state index contributed by atoms with van der Waals surface area (Å²) >= 11 is 0. The molecule has 0 atom stereocenters. The predicted molar refractivity (Wildman–Crippen MR) is 98.2 cm³/mol. The Balaban J connectivity index is 2.11. The third-order valence-corrected chi connectivity index (χ3v) is 6.19. The number of hydrogen-bond acceptors (Lipinski definition) is 6. The van der Waals surface area contributed by atoms with Crippen LogP contribution in [0.3, 0.4) is 0 Å². The second-order valence-corrected chi connectivity index (χ2v) is 9.41. The van der Waals surface area contributed by atoms with E-state index < -0.39 is 50.2 Å². The molecule has 1 aromatic heterocycles. The Morgan fingerprint density at radius 1 is 0.812 bits per heavy atom. The summed E-state index contributed by atoms with van der Waals surface area (Å²) in [5.74, 6) is -0.672. The van der Waals surface area contributed by atoms with Crippen molar-refractivity contribution in [2.45, 2.75) is 17.6 Å². The summed E-state index contributed by atoms with van der Waals surface area (Å²) in [7, 11) is -11.9. The zero-order chi connectivity index (χ0) is 23.9. The first-order chi connectivity index (χ1) is 14.6. The molecule has 32 heavy (non-hydrogen) atoms. The molecule has 0 unspecified atom stereocenters. The normalized spacial score (nSPS) is 13.6. The summed E-state index contributed by atoms with van der Waals surface area (Å²) in [6.07, 6.45) is 1.39. The SMILES string of the molecule is O=S(=O)(OCC[n+]1cc2ccccc2c2c(OS(=O)(=O)C(F)(F)F)cccc21)C(F)(F)F. The van der Waals surface area contributed by atoms with Crippen molar-refractivity contribution in [2.24, 2.45) is 0 Å². The zero-order valence-electron chi connectivity index (χ0n) is 15.5. The second kappa shape index (κ2) is 8.04. The number of nitrogens with zero attached hydrogens (tertiary/aromatic N) is 1. The van der Waals surface area contributed by atoms with E-state index in [0.29, 0.717) is 5.39 Å². The smallest absolute Gasteiger partial charge is 0.375 e. The Morgan fingerprint density at radius 2 is 1.44 bits per heavy atom. The van der Waals surface area contributed by atoms with Crippen LogP contribution in [0, 0.1) is 0 Å². The van der Waals surface area contributed by atoms with Crippen LogP contribution in [0.5, 0.6) is 5.75 Å². The number of halogens is 6. The van der Waals surface area contributed by atoms with Gasteiger partial charge >= 0.3 is 31.3 Å². The minimum absolute atomic E-state index is 0.0616. The Morgan fingerprint density at radius 3 is 2.06 bits per heavy atom. The highest BCUT2D eigenvalue weighted by atomic mass is 32.2. The molecule has 0 aliphatic heterocycles. The molecule has 0 radical (unpaired) electrons. The molecule has 15 heteroatoms. The number of benzene rings is 2. The summed E-state index contributed by atoms with van der Waals surface area (Å²) in [6, 6.07) is 9.55. The van der Waals surface area contributed by atoms with Crippen LogP contribution in [0.4, 0.5) is 26.3 Å². The van der Waals surface area contributed by atoms with Gasteiger partial charge in [-0.15, -0.1) is 0 Å². The maximum atomic E-state index is 12.8. The average Bonchev–Trinajstić information content (AvgIpc) is 2.66. The molecule has 0 aliphatic rings. The van der Waals surface area contributed by atoms with E-state index in [9.17, 15) is 43.2 Å². The van der Waals surface area contributed by atoms with E-state index in [1.807, 2.05) is 0 Å². The van der Waals surface area contributed by atoms with Gasteiger partial charge in [-0.2, -0.15) is 47.7 Å². The Kier molecular flexibility index (Phi) is 6.03. The number of fused-ring (bicyclic) bond motifs is 3. The van der Waals surface area contributed by atoms with Gasteiger partial charge < -0.3 is 4.18 Å². The molecule has 0 bridgehead atoms. The molecular weight excluding hydrogens is 492 g/mol. The molecule has 0 aliphatic carbocycles. The fraction of sp³-hybridized carbons (Fsp3) is 0.235. The van der Waals surface area contributed by atoms with E-state index >= 15 is 0 Å². The summed E-state index contributed by atoms with van der Waals surface area (Å²) < 4.78 is 130. The highest BCUT2D eigenvalue weighted by molar-refractivity contribution is 7.88. The van der Waals surface area contributed by atoms with Gasteiger partial charge in [0.25, 0.3) is 0 Å². The van der Waals surface area contributed by atoms with E-state index in [1.165, 1.54) is 41.1 Å². The molecule has 3 aromatic rings. The zero-order valence-corrected chi connectivity index (χ0v) is 17.1. The minimum Gasteiger partial charge on any atom is -0.375 e. The van der Waals surface area contributed by atoms with Gasteiger partial charge in [-0.25, -0.2) is 0 Å². The minimum atomic E-state index is -6.01. The van der Waals surface area contributed by atoms with Crippen LogP contribution in [0.15, 0.2) is 48.7 Å². The van der Waals surface area contributed by atoms with E-state index in [-0.39, 0.29) is 16.3 Å². The highest BCUT2D eigenvalue weighted by Gasteiger charge is 2.49. The highest BCUT2D eigenvalue weighted by Crippen LogP contribution is 2.34. The van der Waals surface area contributed by atoms with E-state index in [0.717, 1.165) is 6.07 Å². The van der Waals surface area contributed by atoms with Gasteiger partial charge in [-0.05, 0) is 12.1 Å². The number of alkyl halides is 6. The molecule has 0 saturated heterocycles. The molecular formula is C17H12F6NO6S2+. The quantitative estimate of drug-likeness (QED) is 0.168. The van der Waals surface area contributed by atoms with Crippen molar-refractivity contribution in [3.8, 4) is 5.75 Å². The lowest BCUT2D eigenvalue weighted by molar-refractivity contribution is -0.670. The fourth-order valence-electron chi connectivity index (χ4n) is 2.84. The standard InChI is InChI=1S/C17H12F6NO6S2/c18-16(19,20)31(25,26)29-9-8-24-10-11-4-1-2-5-12(11)15-13(24)6-3-7-14(15)30-32(27,28)17(21,22)23/h1-7,10H,8-9H2/q+1. The lowest BCUT2D eigenvalue weighted by atomic mass is 10.1. The van der Waals surface area contributed by atoms with Gasteiger partial charge in [0.05, 0.1) is 5.39 Å². The Hall–Kier alpha value is -2.65.